The summed E-state index contributed by atoms with van der Waals surface area (Å²) in [6.07, 6.45) is 8.80. The Morgan fingerprint density at radius 2 is 2.21 bits per heavy atom. The Kier molecular flexibility index (Phi) is 5.38. The van der Waals surface area contributed by atoms with Crippen molar-refractivity contribution < 1.29 is 0 Å². The van der Waals surface area contributed by atoms with E-state index in [1.54, 1.807) is 0 Å². The summed E-state index contributed by atoms with van der Waals surface area (Å²) in [7, 11) is 0. The van der Waals surface area contributed by atoms with Gasteiger partial charge in [-0.1, -0.05) is 39.2 Å². The van der Waals surface area contributed by atoms with Gasteiger partial charge in [0, 0.05) is 17.9 Å². The van der Waals surface area contributed by atoms with Crippen molar-refractivity contribution in [3.05, 3.63) is 29.6 Å². The number of aromatic nitrogens is 1. The third-order valence-corrected chi connectivity index (χ3v) is 4.68. The predicted octanol–water partition coefficient (Wildman–Crippen LogP) is 4.26. The number of hydrogen-bond donors (Lipinski definition) is 1. The van der Waals surface area contributed by atoms with Gasteiger partial charge in [0.25, 0.3) is 0 Å². The van der Waals surface area contributed by atoms with Crippen LogP contribution in [0.5, 0.6) is 0 Å². The largest absolute Gasteiger partial charge is 0.310 e. The summed E-state index contributed by atoms with van der Waals surface area (Å²) < 4.78 is 0. The average Bonchev–Trinajstić information content (AvgIpc) is 2.46. The molecule has 0 amide bonds. The topological polar surface area (TPSA) is 24.9 Å². The average molecular weight is 260 g/mol. The van der Waals surface area contributed by atoms with E-state index < -0.39 is 0 Å². The van der Waals surface area contributed by atoms with Crippen LogP contribution in [0.3, 0.4) is 0 Å². The van der Waals surface area contributed by atoms with Crippen LogP contribution < -0.4 is 5.32 Å². The Balaban J connectivity index is 2.17. The lowest BCUT2D eigenvalue weighted by molar-refractivity contribution is 0.210. The van der Waals surface area contributed by atoms with E-state index in [2.05, 4.69) is 43.2 Å². The van der Waals surface area contributed by atoms with Crippen molar-refractivity contribution >= 4 is 0 Å². The maximum absolute atomic E-state index is 4.48. The van der Waals surface area contributed by atoms with E-state index in [0.29, 0.717) is 6.04 Å². The molecular formula is C17H28N2. The molecule has 19 heavy (non-hydrogen) atoms. The van der Waals surface area contributed by atoms with Crippen LogP contribution in [0.25, 0.3) is 0 Å². The first-order valence-electron chi connectivity index (χ1n) is 7.91. The Morgan fingerprint density at radius 1 is 1.37 bits per heavy atom. The Labute approximate surface area is 118 Å². The molecule has 3 unspecified atom stereocenters. The van der Waals surface area contributed by atoms with Crippen molar-refractivity contribution in [3.8, 4) is 0 Å². The van der Waals surface area contributed by atoms with Gasteiger partial charge in [-0.3, -0.25) is 4.98 Å². The molecule has 2 heteroatoms. The first-order chi connectivity index (χ1) is 9.26. The lowest BCUT2D eigenvalue weighted by Gasteiger charge is -2.35. The molecule has 0 spiro atoms. The van der Waals surface area contributed by atoms with Gasteiger partial charge in [-0.25, -0.2) is 0 Å². The molecule has 0 aliphatic heterocycles. The molecule has 1 aliphatic carbocycles. The van der Waals surface area contributed by atoms with Crippen LogP contribution in [-0.2, 0) is 0 Å². The number of aryl methyl sites for hydroxylation is 1. The van der Waals surface area contributed by atoms with E-state index in [1.807, 2.05) is 6.20 Å². The summed E-state index contributed by atoms with van der Waals surface area (Å²) in [4.78, 5) is 4.48. The Bertz CT molecular complexity index is 389. The van der Waals surface area contributed by atoms with Crippen molar-refractivity contribution in [3.63, 3.8) is 0 Å². The highest BCUT2D eigenvalue weighted by atomic mass is 14.9. The minimum Gasteiger partial charge on any atom is -0.310 e. The second-order valence-corrected chi connectivity index (χ2v) is 5.91. The van der Waals surface area contributed by atoms with Crippen molar-refractivity contribution in [2.24, 2.45) is 11.8 Å². The van der Waals surface area contributed by atoms with E-state index >= 15 is 0 Å². The highest BCUT2D eigenvalue weighted by molar-refractivity contribution is 5.23. The van der Waals surface area contributed by atoms with Crippen molar-refractivity contribution in [2.45, 2.75) is 58.9 Å². The molecule has 1 N–H and O–H groups in total. The number of nitrogens with zero attached hydrogens (tertiary/aromatic N) is 1. The van der Waals surface area contributed by atoms with Crippen molar-refractivity contribution in [2.75, 3.05) is 6.54 Å². The molecule has 1 heterocycles. The number of nitrogens with one attached hydrogen (secondary N) is 1. The molecule has 1 saturated carbocycles. The summed E-state index contributed by atoms with van der Waals surface area (Å²) in [6.45, 7) is 7.72. The molecule has 1 fully saturated rings. The molecule has 0 bridgehead atoms. The Morgan fingerprint density at radius 3 is 2.89 bits per heavy atom. The van der Waals surface area contributed by atoms with Crippen LogP contribution in [0, 0.1) is 18.8 Å². The van der Waals surface area contributed by atoms with E-state index in [0.717, 1.165) is 18.4 Å². The lowest BCUT2D eigenvalue weighted by atomic mass is 9.75. The van der Waals surface area contributed by atoms with Crippen molar-refractivity contribution in [1.29, 1.82) is 0 Å². The third kappa shape index (κ3) is 3.56. The van der Waals surface area contributed by atoms with Gasteiger partial charge < -0.3 is 5.32 Å². The monoisotopic (exact) mass is 260 g/mol. The van der Waals surface area contributed by atoms with Crippen molar-refractivity contribution in [1.82, 2.24) is 10.3 Å². The van der Waals surface area contributed by atoms with Gasteiger partial charge in [-0.2, -0.15) is 0 Å². The molecule has 0 radical (unpaired) electrons. The first kappa shape index (κ1) is 14.5. The summed E-state index contributed by atoms with van der Waals surface area (Å²) >= 11 is 0. The van der Waals surface area contributed by atoms with Gasteiger partial charge in [-0.05, 0) is 49.8 Å². The molecule has 3 atom stereocenters. The molecule has 2 rings (SSSR count). The van der Waals surface area contributed by atoms with E-state index in [1.165, 1.54) is 43.4 Å². The maximum atomic E-state index is 4.48. The highest BCUT2D eigenvalue weighted by Crippen LogP contribution is 2.38. The molecule has 1 aliphatic rings. The van der Waals surface area contributed by atoms with Crippen LogP contribution in [0.1, 0.15) is 63.3 Å². The van der Waals surface area contributed by atoms with E-state index in [-0.39, 0.29) is 0 Å². The summed E-state index contributed by atoms with van der Waals surface area (Å²) in [5.41, 5.74) is 2.60. The molecule has 1 aromatic rings. The standard InChI is InChI=1S/C17H28N2/c1-4-14-8-6-9-15(12-14)17(18-5-2)16-10-7-11-19-13(16)3/h7,10-11,14-15,17-18H,4-6,8-9,12H2,1-3H3. The third-order valence-electron chi connectivity index (χ3n) is 4.68. The molecule has 2 nitrogen and oxygen atoms in total. The van der Waals surface area contributed by atoms with Crippen LogP contribution in [0.4, 0.5) is 0 Å². The SMILES string of the molecule is CCNC(c1cccnc1C)C1CCCC(CC)C1. The summed E-state index contributed by atoms with van der Waals surface area (Å²) in [5.74, 6) is 1.71. The predicted molar refractivity (Wildman–Crippen MR) is 81.1 cm³/mol. The minimum atomic E-state index is 0.494. The van der Waals surface area contributed by atoms with Gasteiger partial charge in [0.2, 0.25) is 0 Å². The number of pyridine rings is 1. The smallest absolute Gasteiger partial charge is 0.0420 e. The summed E-state index contributed by atoms with van der Waals surface area (Å²) in [6, 6.07) is 4.82. The second kappa shape index (κ2) is 7.04. The molecular weight excluding hydrogens is 232 g/mol. The fourth-order valence-corrected chi connectivity index (χ4v) is 3.58. The van der Waals surface area contributed by atoms with Crippen LogP contribution in [0.2, 0.25) is 0 Å². The van der Waals surface area contributed by atoms with Crippen LogP contribution >= 0.6 is 0 Å². The lowest BCUT2D eigenvalue weighted by Crippen LogP contribution is -2.32. The Hall–Kier alpha value is -0.890. The normalized spacial score (nSPS) is 25.2. The number of hydrogen-bond acceptors (Lipinski definition) is 2. The van der Waals surface area contributed by atoms with Crippen LogP contribution in [0.15, 0.2) is 18.3 Å². The van der Waals surface area contributed by atoms with Gasteiger partial charge in [-0.15, -0.1) is 0 Å². The van der Waals surface area contributed by atoms with E-state index in [9.17, 15) is 0 Å². The second-order valence-electron chi connectivity index (χ2n) is 5.91. The quantitative estimate of drug-likeness (QED) is 0.855. The first-order valence-corrected chi connectivity index (χ1v) is 7.91. The van der Waals surface area contributed by atoms with Gasteiger partial charge in [0.15, 0.2) is 0 Å². The van der Waals surface area contributed by atoms with Gasteiger partial charge >= 0.3 is 0 Å². The molecule has 106 valence electrons. The highest BCUT2D eigenvalue weighted by Gasteiger charge is 2.29. The fourth-order valence-electron chi connectivity index (χ4n) is 3.58. The van der Waals surface area contributed by atoms with E-state index in [4.69, 9.17) is 0 Å². The maximum Gasteiger partial charge on any atom is 0.0420 e. The zero-order valence-corrected chi connectivity index (χ0v) is 12.7. The fraction of sp³-hybridized carbons (Fsp3) is 0.706. The molecule has 0 saturated heterocycles. The number of rotatable bonds is 5. The zero-order chi connectivity index (χ0) is 13.7. The van der Waals surface area contributed by atoms with Gasteiger partial charge in [0.1, 0.15) is 0 Å². The summed E-state index contributed by atoms with van der Waals surface area (Å²) in [5, 5.41) is 3.71. The minimum absolute atomic E-state index is 0.494. The van der Waals surface area contributed by atoms with Crippen LogP contribution in [-0.4, -0.2) is 11.5 Å². The molecule has 1 aromatic heterocycles. The van der Waals surface area contributed by atoms with Gasteiger partial charge in [0.05, 0.1) is 0 Å². The zero-order valence-electron chi connectivity index (χ0n) is 12.7. The molecule has 0 aromatic carbocycles.